The molecule has 3 N–H and O–H groups in total. The van der Waals surface area contributed by atoms with Gasteiger partial charge >= 0.3 is 0 Å². The van der Waals surface area contributed by atoms with E-state index in [2.05, 4.69) is 5.32 Å². The molecule has 1 aliphatic carbocycles. The number of hydrogen-bond acceptors (Lipinski definition) is 2. The van der Waals surface area contributed by atoms with E-state index >= 15 is 0 Å². The van der Waals surface area contributed by atoms with Crippen LogP contribution in [0.1, 0.15) is 19.3 Å². The third kappa shape index (κ3) is 1.81. The average molecular weight is 194 g/mol. The number of rotatable bonds is 3. The van der Waals surface area contributed by atoms with Crippen LogP contribution in [-0.4, -0.2) is 6.54 Å². The second-order valence-corrected chi connectivity index (χ2v) is 3.88. The Morgan fingerprint density at radius 2 is 2.21 bits per heavy atom. The highest BCUT2D eigenvalue weighted by Crippen LogP contribution is 2.28. The highest BCUT2D eigenvalue weighted by molar-refractivity contribution is 5.66. The molecule has 0 atom stereocenters. The van der Waals surface area contributed by atoms with Crippen molar-refractivity contribution in [2.45, 2.75) is 19.3 Å². The Kier molecular flexibility index (Phi) is 2.57. The highest BCUT2D eigenvalue weighted by Gasteiger charge is 2.17. The van der Waals surface area contributed by atoms with Gasteiger partial charge in [-0.25, -0.2) is 4.39 Å². The zero-order valence-electron chi connectivity index (χ0n) is 8.09. The number of nitrogen functional groups attached to an aromatic ring is 1. The predicted octanol–water partition coefficient (Wildman–Crippen LogP) is 2.62. The topological polar surface area (TPSA) is 38.0 Å². The van der Waals surface area contributed by atoms with Crippen molar-refractivity contribution in [3.05, 3.63) is 24.0 Å². The fraction of sp³-hybridized carbons (Fsp3) is 0.455. The Morgan fingerprint density at radius 1 is 1.43 bits per heavy atom. The number of nitrogens with two attached hydrogens (primary N) is 1. The Balaban J connectivity index is 2.00. The molecular weight excluding hydrogens is 179 g/mol. The molecule has 2 rings (SSSR count). The van der Waals surface area contributed by atoms with Crippen LogP contribution in [-0.2, 0) is 0 Å². The van der Waals surface area contributed by atoms with Crippen LogP contribution in [0.4, 0.5) is 15.8 Å². The van der Waals surface area contributed by atoms with E-state index in [0.717, 1.165) is 6.54 Å². The van der Waals surface area contributed by atoms with Crippen molar-refractivity contribution in [3.63, 3.8) is 0 Å². The van der Waals surface area contributed by atoms with Gasteiger partial charge in [0.2, 0.25) is 0 Å². The molecule has 1 aromatic carbocycles. The first-order chi connectivity index (χ1) is 6.77. The molecule has 0 unspecified atom stereocenters. The van der Waals surface area contributed by atoms with Crippen molar-refractivity contribution in [2.75, 3.05) is 17.6 Å². The molecule has 76 valence electrons. The molecule has 0 saturated heterocycles. The van der Waals surface area contributed by atoms with Gasteiger partial charge in [-0.3, -0.25) is 0 Å². The lowest BCUT2D eigenvalue weighted by molar-refractivity contribution is 0.333. The van der Waals surface area contributed by atoms with E-state index in [-0.39, 0.29) is 5.82 Å². The van der Waals surface area contributed by atoms with Crippen LogP contribution in [0.15, 0.2) is 18.2 Å². The Bertz CT molecular complexity index is 301. The normalized spacial score (nSPS) is 16.4. The second kappa shape index (κ2) is 3.86. The van der Waals surface area contributed by atoms with Gasteiger partial charge in [0.15, 0.2) is 0 Å². The summed E-state index contributed by atoms with van der Waals surface area (Å²) in [6.07, 6.45) is 3.81. The summed E-state index contributed by atoms with van der Waals surface area (Å²) >= 11 is 0. The zero-order chi connectivity index (χ0) is 9.97. The molecule has 1 fully saturated rings. The minimum atomic E-state index is -0.260. The second-order valence-electron chi connectivity index (χ2n) is 3.88. The van der Waals surface area contributed by atoms with Crippen molar-refractivity contribution in [2.24, 2.45) is 5.92 Å². The summed E-state index contributed by atoms with van der Waals surface area (Å²) in [4.78, 5) is 0. The number of anilines is 2. The van der Waals surface area contributed by atoms with Crippen LogP contribution in [0.25, 0.3) is 0 Å². The molecule has 0 bridgehead atoms. The van der Waals surface area contributed by atoms with E-state index in [1.165, 1.54) is 25.3 Å². The molecule has 0 amide bonds. The number of benzene rings is 1. The largest absolute Gasteiger partial charge is 0.397 e. The summed E-state index contributed by atoms with van der Waals surface area (Å²) in [5.41, 5.74) is 6.61. The minimum Gasteiger partial charge on any atom is -0.397 e. The van der Waals surface area contributed by atoms with Crippen LogP contribution in [0.2, 0.25) is 0 Å². The molecule has 0 aliphatic heterocycles. The lowest BCUT2D eigenvalue weighted by Crippen LogP contribution is -2.21. The van der Waals surface area contributed by atoms with Crippen LogP contribution in [0.5, 0.6) is 0 Å². The molecule has 14 heavy (non-hydrogen) atoms. The number of para-hydroxylation sites is 1. The van der Waals surface area contributed by atoms with Gasteiger partial charge < -0.3 is 11.1 Å². The fourth-order valence-electron chi connectivity index (χ4n) is 1.67. The van der Waals surface area contributed by atoms with E-state index in [9.17, 15) is 4.39 Å². The first-order valence-corrected chi connectivity index (χ1v) is 5.05. The first-order valence-electron chi connectivity index (χ1n) is 5.05. The SMILES string of the molecule is Nc1cccc(F)c1NCC1CCC1. The van der Waals surface area contributed by atoms with Gasteiger partial charge in [-0.05, 0) is 30.9 Å². The summed E-state index contributed by atoms with van der Waals surface area (Å²) in [5, 5.41) is 3.08. The summed E-state index contributed by atoms with van der Waals surface area (Å²) in [7, 11) is 0. The summed E-state index contributed by atoms with van der Waals surface area (Å²) in [6, 6.07) is 4.77. The molecule has 1 aromatic rings. The van der Waals surface area contributed by atoms with E-state index in [1.807, 2.05) is 0 Å². The molecular formula is C11H15FN2. The van der Waals surface area contributed by atoms with Gasteiger partial charge in [-0.15, -0.1) is 0 Å². The quantitative estimate of drug-likeness (QED) is 0.726. The zero-order valence-corrected chi connectivity index (χ0v) is 8.09. The van der Waals surface area contributed by atoms with Gasteiger partial charge in [0.05, 0.1) is 11.4 Å². The maximum Gasteiger partial charge on any atom is 0.148 e. The van der Waals surface area contributed by atoms with Crippen LogP contribution in [0, 0.1) is 11.7 Å². The number of nitrogens with one attached hydrogen (secondary N) is 1. The maximum atomic E-state index is 13.3. The molecule has 2 nitrogen and oxygen atoms in total. The fourth-order valence-corrected chi connectivity index (χ4v) is 1.67. The Hall–Kier alpha value is -1.25. The van der Waals surface area contributed by atoms with Gasteiger partial charge in [-0.1, -0.05) is 12.5 Å². The molecule has 0 spiro atoms. The average Bonchev–Trinajstić information content (AvgIpc) is 2.07. The maximum absolute atomic E-state index is 13.3. The smallest absolute Gasteiger partial charge is 0.148 e. The lowest BCUT2D eigenvalue weighted by Gasteiger charge is -2.26. The van der Waals surface area contributed by atoms with Crippen molar-refractivity contribution in [1.82, 2.24) is 0 Å². The third-order valence-corrected chi connectivity index (χ3v) is 2.84. The van der Waals surface area contributed by atoms with E-state index < -0.39 is 0 Å². The van der Waals surface area contributed by atoms with Gasteiger partial charge in [0, 0.05) is 6.54 Å². The van der Waals surface area contributed by atoms with Crippen molar-refractivity contribution >= 4 is 11.4 Å². The van der Waals surface area contributed by atoms with E-state index in [1.54, 1.807) is 12.1 Å². The van der Waals surface area contributed by atoms with Gasteiger partial charge in [-0.2, -0.15) is 0 Å². The number of halogens is 1. The Morgan fingerprint density at radius 3 is 2.79 bits per heavy atom. The van der Waals surface area contributed by atoms with Crippen LogP contribution >= 0.6 is 0 Å². The molecule has 1 saturated carbocycles. The lowest BCUT2D eigenvalue weighted by atomic mass is 9.85. The highest BCUT2D eigenvalue weighted by atomic mass is 19.1. The molecule has 0 heterocycles. The third-order valence-electron chi connectivity index (χ3n) is 2.84. The monoisotopic (exact) mass is 194 g/mol. The van der Waals surface area contributed by atoms with Gasteiger partial charge in [0.25, 0.3) is 0 Å². The summed E-state index contributed by atoms with van der Waals surface area (Å²) in [6.45, 7) is 0.838. The first kappa shape index (κ1) is 9.31. The molecule has 0 radical (unpaired) electrons. The van der Waals surface area contributed by atoms with Crippen molar-refractivity contribution in [1.29, 1.82) is 0 Å². The molecule has 1 aliphatic rings. The number of hydrogen-bond donors (Lipinski definition) is 2. The van der Waals surface area contributed by atoms with E-state index in [0.29, 0.717) is 17.3 Å². The van der Waals surface area contributed by atoms with Gasteiger partial charge in [0.1, 0.15) is 5.82 Å². The van der Waals surface area contributed by atoms with Crippen molar-refractivity contribution < 1.29 is 4.39 Å². The van der Waals surface area contributed by atoms with E-state index in [4.69, 9.17) is 5.73 Å². The van der Waals surface area contributed by atoms with Crippen molar-refractivity contribution in [3.8, 4) is 0 Å². The van der Waals surface area contributed by atoms with Crippen LogP contribution in [0.3, 0.4) is 0 Å². The predicted molar refractivity (Wildman–Crippen MR) is 56.6 cm³/mol. The van der Waals surface area contributed by atoms with Crippen LogP contribution < -0.4 is 11.1 Å². The standard InChI is InChI=1S/C11H15FN2/c12-9-5-2-6-10(13)11(9)14-7-8-3-1-4-8/h2,5-6,8,14H,1,3-4,7,13H2. The minimum absolute atomic E-state index is 0.260. The summed E-state index contributed by atoms with van der Waals surface area (Å²) in [5.74, 6) is 0.443. The summed E-state index contributed by atoms with van der Waals surface area (Å²) < 4.78 is 13.3. The molecule has 0 aromatic heterocycles. The Labute approximate surface area is 83.3 Å². The molecule has 3 heteroatoms.